The second-order valence-corrected chi connectivity index (χ2v) is 4.30. The summed E-state index contributed by atoms with van der Waals surface area (Å²) in [5.74, 6) is -0.131. The first-order chi connectivity index (χ1) is 7.22. The topological polar surface area (TPSA) is 62.8 Å². The molecule has 0 radical (unpaired) electrons. The first-order valence-electron chi connectivity index (χ1n) is 4.32. The third-order valence-electron chi connectivity index (χ3n) is 2.05. The normalized spacial score (nSPS) is 10.2. The number of aromatic amines is 1. The first-order valence-corrected chi connectivity index (χ1v) is 5.13. The van der Waals surface area contributed by atoms with Crippen molar-refractivity contribution in [3.05, 3.63) is 39.3 Å². The van der Waals surface area contributed by atoms with Gasteiger partial charge in [-0.1, -0.05) is 0 Å². The van der Waals surface area contributed by atoms with Crippen molar-refractivity contribution < 1.29 is 9.59 Å². The van der Waals surface area contributed by atoms with E-state index in [0.29, 0.717) is 16.1 Å². The molecular formula is C10H8N2O2S. The Morgan fingerprint density at radius 2 is 2.40 bits per heavy atom. The number of aromatic nitrogens is 2. The fourth-order valence-corrected chi connectivity index (χ4v) is 2.18. The Morgan fingerprint density at radius 3 is 2.93 bits per heavy atom. The highest BCUT2D eigenvalue weighted by Crippen LogP contribution is 2.22. The van der Waals surface area contributed by atoms with E-state index in [0.717, 1.165) is 11.2 Å². The van der Waals surface area contributed by atoms with Gasteiger partial charge < -0.3 is 0 Å². The lowest BCUT2D eigenvalue weighted by molar-refractivity contribution is 0.103. The molecule has 0 unspecified atom stereocenters. The van der Waals surface area contributed by atoms with E-state index < -0.39 is 0 Å². The second kappa shape index (κ2) is 3.78. The number of ketones is 1. The molecule has 0 aliphatic rings. The Bertz CT molecular complexity index is 499. The van der Waals surface area contributed by atoms with Gasteiger partial charge >= 0.3 is 0 Å². The largest absolute Gasteiger partial charge is 0.298 e. The summed E-state index contributed by atoms with van der Waals surface area (Å²) in [4.78, 5) is 23.8. The van der Waals surface area contributed by atoms with Crippen LogP contribution in [0.4, 0.5) is 0 Å². The van der Waals surface area contributed by atoms with Crippen molar-refractivity contribution in [3.63, 3.8) is 0 Å². The molecule has 15 heavy (non-hydrogen) atoms. The Kier molecular flexibility index (Phi) is 2.47. The smallest absolute Gasteiger partial charge is 0.220 e. The molecule has 0 bridgehead atoms. The second-order valence-electron chi connectivity index (χ2n) is 3.04. The molecule has 0 fully saturated rings. The zero-order valence-electron chi connectivity index (χ0n) is 7.98. The zero-order chi connectivity index (χ0) is 10.8. The molecule has 4 nitrogen and oxygen atoms in total. The molecule has 0 saturated heterocycles. The molecule has 5 heteroatoms. The molecule has 2 aromatic rings. The molecule has 1 N–H and O–H groups in total. The van der Waals surface area contributed by atoms with Crippen LogP contribution in [-0.4, -0.2) is 22.3 Å². The van der Waals surface area contributed by atoms with Gasteiger partial charge in [0.25, 0.3) is 0 Å². The average Bonchev–Trinajstić information content (AvgIpc) is 2.85. The van der Waals surface area contributed by atoms with E-state index in [-0.39, 0.29) is 5.78 Å². The summed E-state index contributed by atoms with van der Waals surface area (Å²) in [6.07, 6.45) is 2.28. The van der Waals surface area contributed by atoms with Crippen LogP contribution in [0.1, 0.15) is 30.6 Å². The Hall–Kier alpha value is -1.75. The summed E-state index contributed by atoms with van der Waals surface area (Å²) in [7, 11) is 0. The number of aryl methyl sites for hydroxylation is 1. The number of aldehydes is 1. The Balaban J connectivity index is 2.38. The van der Waals surface area contributed by atoms with E-state index in [4.69, 9.17) is 0 Å². The summed E-state index contributed by atoms with van der Waals surface area (Å²) in [5.41, 5.74) is 1.01. The number of carbonyl (C=O) groups is 2. The number of thiophene rings is 1. The van der Waals surface area contributed by atoms with Crippen LogP contribution >= 0.6 is 11.3 Å². The zero-order valence-corrected chi connectivity index (χ0v) is 8.80. The van der Waals surface area contributed by atoms with Crippen molar-refractivity contribution >= 4 is 23.4 Å². The summed E-state index contributed by atoms with van der Waals surface area (Å²) in [6.45, 7) is 1.82. The average molecular weight is 220 g/mol. The lowest BCUT2D eigenvalue weighted by Crippen LogP contribution is -1.98. The van der Waals surface area contributed by atoms with Crippen LogP contribution in [0.15, 0.2) is 18.3 Å². The minimum absolute atomic E-state index is 0.131. The molecule has 0 aliphatic heterocycles. The molecule has 2 rings (SSSR count). The monoisotopic (exact) mass is 220 g/mol. The van der Waals surface area contributed by atoms with Gasteiger partial charge in [0.1, 0.15) is 5.69 Å². The summed E-state index contributed by atoms with van der Waals surface area (Å²) < 4.78 is 0. The van der Waals surface area contributed by atoms with Crippen molar-refractivity contribution in [2.75, 3.05) is 0 Å². The van der Waals surface area contributed by atoms with Crippen molar-refractivity contribution in [3.8, 4) is 0 Å². The van der Waals surface area contributed by atoms with E-state index in [1.54, 1.807) is 12.1 Å². The molecule has 0 atom stereocenters. The van der Waals surface area contributed by atoms with Gasteiger partial charge in [-0.15, -0.1) is 11.3 Å². The first kappa shape index (κ1) is 9.79. The minimum Gasteiger partial charge on any atom is -0.298 e. The Morgan fingerprint density at radius 1 is 1.60 bits per heavy atom. The van der Waals surface area contributed by atoms with E-state index in [1.807, 2.05) is 6.92 Å². The fraction of sp³-hybridized carbons (Fsp3) is 0.100. The third kappa shape index (κ3) is 1.73. The van der Waals surface area contributed by atoms with E-state index in [2.05, 4.69) is 10.2 Å². The van der Waals surface area contributed by atoms with Crippen molar-refractivity contribution in [2.45, 2.75) is 6.92 Å². The molecule has 2 heterocycles. The fourth-order valence-electron chi connectivity index (χ4n) is 1.24. The maximum atomic E-state index is 11.8. The highest BCUT2D eigenvalue weighted by Gasteiger charge is 2.14. The van der Waals surface area contributed by atoms with Crippen molar-refractivity contribution in [1.82, 2.24) is 10.2 Å². The number of nitrogens with zero attached hydrogens (tertiary/aromatic N) is 1. The highest BCUT2D eigenvalue weighted by molar-refractivity contribution is 7.14. The van der Waals surface area contributed by atoms with E-state index in [1.165, 1.54) is 17.5 Å². The molecule has 0 saturated carbocycles. The highest BCUT2D eigenvalue weighted by atomic mass is 32.1. The van der Waals surface area contributed by atoms with E-state index in [9.17, 15) is 9.59 Å². The van der Waals surface area contributed by atoms with Gasteiger partial charge in [-0.2, -0.15) is 5.10 Å². The van der Waals surface area contributed by atoms with Crippen LogP contribution in [0.2, 0.25) is 0 Å². The summed E-state index contributed by atoms with van der Waals surface area (Å²) in [6, 6.07) is 3.22. The molecule has 2 aromatic heterocycles. The molecule has 0 spiro atoms. The lowest BCUT2D eigenvalue weighted by Gasteiger charge is -1.90. The van der Waals surface area contributed by atoms with Crippen molar-refractivity contribution in [1.29, 1.82) is 0 Å². The quantitative estimate of drug-likeness (QED) is 0.634. The van der Waals surface area contributed by atoms with Crippen LogP contribution in [0.5, 0.6) is 0 Å². The van der Waals surface area contributed by atoms with Crippen LogP contribution < -0.4 is 0 Å². The predicted octanol–water partition coefficient (Wildman–Crippen LogP) is 1.82. The third-order valence-corrected chi connectivity index (χ3v) is 3.12. The number of carbonyl (C=O) groups excluding carboxylic acids is 2. The van der Waals surface area contributed by atoms with Crippen LogP contribution in [-0.2, 0) is 0 Å². The van der Waals surface area contributed by atoms with Crippen LogP contribution in [0.25, 0.3) is 0 Å². The van der Waals surface area contributed by atoms with E-state index >= 15 is 0 Å². The van der Waals surface area contributed by atoms with Gasteiger partial charge in [-0.3, -0.25) is 14.7 Å². The standard InChI is InChI=1S/C10H8N2O2S/c1-6-7(5-13)4-9(15-6)10(14)8-2-3-11-12-8/h2-5H,1H3,(H,11,12). The van der Waals surface area contributed by atoms with Gasteiger partial charge in [0, 0.05) is 16.6 Å². The van der Waals surface area contributed by atoms with Gasteiger partial charge in [0.2, 0.25) is 5.78 Å². The summed E-state index contributed by atoms with van der Waals surface area (Å²) in [5, 5.41) is 6.31. The predicted molar refractivity (Wildman–Crippen MR) is 56.5 cm³/mol. The van der Waals surface area contributed by atoms with Crippen LogP contribution in [0.3, 0.4) is 0 Å². The maximum absolute atomic E-state index is 11.8. The number of hydrogen-bond donors (Lipinski definition) is 1. The number of nitrogens with one attached hydrogen (secondary N) is 1. The van der Waals surface area contributed by atoms with Crippen molar-refractivity contribution in [2.24, 2.45) is 0 Å². The molecular weight excluding hydrogens is 212 g/mol. The maximum Gasteiger partial charge on any atom is 0.220 e. The Labute approximate surface area is 89.9 Å². The minimum atomic E-state index is -0.131. The molecule has 0 amide bonds. The van der Waals surface area contributed by atoms with Gasteiger partial charge in [0.15, 0.2) is 6.29 Å². The molecule has 0 aromatic carbocycles. The SMILES string of the molecule is Cc1sc(C(=O)c2ccn[nH]2)cc1C=O. The van der Waals surface area contributed by atoms with Gasteiger partial charge in [-0.05, 0) is 19.1 Å². The van der Waals surface area contributed by atoms with Crippen LogP contribution in [0, 0.1) is 6.92 Å². The number of H-pyrrole nitrogens is 1. The van der Waals surface area contributed by atoms with Gasteiger partial charge in [-0.25, -0.2) is 0 Å². The summed E-state index contributed by atoms with van der Waals surface area (Å²) >= 11 is 1.32. The number of hydrogen-bond acceptors (Lipinski definition) is 4. The number of rotatable bonds is 3. The van der Waals surface area contributed by atoms with Gasteiger partial charge in [0.05, 0.1) is 4.88 Å². The molecule has 0 aliphatic carbocycles. The lowest BCUT2D eigenvalue weighted by atomic mass is 10.2. The molecule has 76 valence electrons.